The number of nitrogens with one attached hydrogen (secondary N) is 1. The van der Waals surface area contributed by atoms with Gasteiger partial charge in [0, 0.05) is 5.02 Å². The third kappa shape index (κ3) is 5.50. The number of hydrazone groups is 1. The van der Waals surface area contributed by atoms with Gasteiger partial charge in [0.1, 0.15) is 11.5 Å². The summed E-state index contributed by atoms with van der Waals surface area (Å²) in [6, 6.07) is 11.0. The highest BCUT2D eigenvalue weighted by Crippen LogP contribution is 2.37. The van der Waals surface area contributed by atoms with Crippen molar-refractivity contribution >= 4 is 56.1 Å². The molecule has 0 atom stereocenters. The molecule has 0 fully saturated rings. The Bertz CT molecular complexity index is 1090. The Labute approximate surface area is 191 Å². The maximum Gasteiger partial charge on any atom is 0.283 e. The zero-order valence-corrected chi connectivity index (χ0v) is 19.3. The normalized spacial score (nSPS) is 10.9. The molecule has 0 saturated carbocycles. The Morgan fingerprint density at radius 3 is 2.73 bits per heavy atom. The van der Waals surface area contributed by atoms with Gasteiger partial charge in [0.15, 0.2) is 16.6 Å². The third-order valence-electron chi connectivity index (χ3n) is 3.95. The molecule has 0 radical (unpaired) electrons. The molecule has 0 unspecified atom stereocenters. The smallest absolute Gasteiger partial charge is 0.283 e. The number of nitrogens with two attached hydrogens (primary N) is 1. The van der Waals surface area contributed by atoms with Crippen LogP contribution in [-0.2, 0) is 6.61 Å². The van der Waals surface area contributed by atoms with E-state index in [1.54, 1.807) is 20.1 Å². The number of hydrogen-bond acceptors (Lipinski definition) is 7. The highest BCUT2D eigenvalue weighted by atomic mass is 79.9. The van der Waals surface area contributed by atoms with Gasteiger partial charge in [-0.2, -0.15) is 5.10 Å². The molecule has 1 aromatic heterocycles. The zero-order valence-electron chi connectivity index (χ0n) is 16.1. The largest absolute Gasteiger partial charge is 0.493 e. The first-order valence-electron chi connectivity index (χ1n) is 8.68. The highest BCUT2D eigenvalue weighted by molar-refractivity contribution is 9.10. The lowest BCUT2D eigenvalue weighted by molar-refractivity contribution is 0.0958. The molecule has 1 amide bonds. The van der Waals surface area contributed by atoms with Crippen LogP contribution in [-0.4, -0.2) is 24.2 Å². The molecule has 10 heteroatoms. The SMILES string of the molecule is COc1cc(/C=N\NC(=O)c2sc(N)nc2C)cc(Br)c1OCc1ccc(Cl)cc1. The first-order valence-corrected chi connectivity index (χ1v) is 10.7. The van der Waals surface area contributed by atoms with Crippen molar-refractivity contribution in [2.45, 2.75) is 13.5 Å². The second kappa shape index (κ2) is 9.92. The van der Waals surface area contributed by atoms with E-state index in [1.165, 1.54) is 6.21 Å². The van der Waals surface area contributed by atoms with E-state index in [0.717, 1.165) is 16.9 Å². The number of nitrogens with zero attached hydrogens (tertiary/aromatic N) is 2. The van der Waals surface area contributed by atoms with Crippen LogP contribution in [0.3, 0.4) is 0 Å². The summed E-state index contributed by atoms with van der Waals surface area (Å²) in [5.41, 5.74) is 10.3. The first kappa shape index (κ1) is 22.1. The number of aryl methyl sites for hydroxylation is 1. The summed E-state index contributed by atoms with van der Waals surface area (Å²) >= 11 is 10.5. The molecular weight excluding hydrogens is 492 g/mol. The molecule has 0 spiro atoms. The van der Waals surface area contributed by atoms with Crippen LogP contribution in [0.1, 0.15) is 26.5 Å². The standard InChI is InChI=1S/C20H18BrClN4O3S/c1-11-18(30-20(23)25-11)19(27)26-24-9-13-7-15(21)17(16(8-13)28-2)29-10-12-3-5-14(22)6-4-12/h3-9H,10H2,1-2H3,(H2,23,25)(H,26,27)/b24-9-. The van der Waals surface area contributed by atoms with E-state index >= 15 is 0 Å². The van der Waals surface area contributed by atoms with Gasteiger partial charge >= 0.3 is 0 Å². The summed E-state index contributed by atoms with van der Waals surface area (Å²) in [7, 11) is 1.55. The Morgan fingerprint density at radius 1 is 1.37 bits per heavy atom. The minimum absolute atomic E-state index is 0.337. The van der Waals surface area contributed by atoms with Gasteiger partial charge in [-0.25, -0.2) is 10.4 Å². The number of carbonyl (C=O) groups is 1. The second-order valence-corrected chi connectivity index (χ2v) is 8.44. The van der Waals surface area contributed by atoms with Gasteiger partial charge in [-0.3, -0.25) is 4.79 Å². The van der Waals surface area contributed by atoms with Crippen LogP contribution < -0.4 is 20.6 Å². The van der Waals surface area contributed by atoms with Gasteiger partial charge in [0.2, 0.25) is 0 Å². The fraction of sp³-hybridized carbons (Fsp3) is 0.150. The Kier molecular flexibility index (Phi) is 7.30. The molecule has 0 aliphatic heterocycles. The van der Waals surface area contributed by atoms with Crippen molar-refractivity contribution < 1.29 is 14.3 Å². The number of benzene rings is 2. The lowest BCUT2D eigenvalue weighted by Crippen LogP contribution is -2.17. The molecule has 0 bridgehead atoms. The average molecular weight is 510 g/mol. The molecule has 3 rings (SSSR count). The summed E-state index contributed by atoms with van der Waals surface area (Å²) in [5, 5.41) is 5.01. The summed E-state index contributed by atoms with van der Waals surface area (Å²) in [6.45, 7) is 2.07. The van der Waals surface area contributed by atoms with Crippen molar-refractivity contribution in [1.82, 2.24) is 10.4 Å². The topological polar surface area (TPSA) is 98.8 Å². The van der Waals surface area contributed by atoms with Crippen molar-refractivity contribution in [3.05, 3.63) is 67.6 Å². The van der Waals surface area contributed by atoms with Gasteiger partial charge in [0.25, 0.3) is 5.91 Å². The number of halogens is 2. The van der Waals surface area contributed by atoms with E-state index in [4.69, 9.17) is 26.8 Å². The lowest BCUT2D eigenvalue weighted by Gasteiger charge is -2.13. The third-order valence-corrected chi connectivity index (χ3v) is 5.77. The highest BCUT2D eigenvalue weighted by Gasteiger charge is 2.14. The van der Waals surface area contributed by atoms with Crippen molar-refractivity contribution in [3.8, 4) is 11.5 Å². The number of aromatic nitrogens is 1. The van der Waals surface area contributed by atoms with Gasteiger partial charge < -0.3 is 15.2 Å². The number of rotatable bonds is 7. The zero-order chi connectivity index (χ0) is 21.7. The van der Waals surface area contributed by atoms with Crippen molar-refractivity contribution in [3.63, 3.8) is 0 Å². The van der Waals surface area contributed by atoms with Crippen LogP contribution in [0.5, 0.6) is 11.5 Å². The fourth-order valence-electron chi connectivity index (χ4n) is 2.53. The van der Waals surface area contributed by atoms with E-state index in [2.05, 4.69) is 31.4 Å². The molecule has 7 nitrogen and oxygen atoms in total. The molecular formula is C20H18BrClN4O3S. The lowest BCUT2D eigenvalue weighted by atomic mass is 10.2. The predicted molar refractivity (Wildman–Crippen MR) is 123 cm³/mol. The van der Waals surface area contributed by atoms with E-state index in [-0.39, 0.29) is 5.91 Å². The average Bonchev–Trinajstić information content (AvgIpc) is 3.06. The van der Waals surface area contributed by atoms with Crippen LogP contribution in [0.4, 0.5) is 5.13 Å². The number of methoxy groups -OCH3 is 1. The van der Waals surface area contributed by atoms with Gasteiger partial charge in [0.05, 0.1) is 23.5 Å². The summed E-state index contributed by atoms with van der Waals surface area (Å²) < 4.78 is 12.0. The summed E-state index contributed by atoms with van der Waals surface area (Å²) in [6.07, 6.45) is 1.51. The Morgan fingerprint density at radius 2 is 2.10 bits per heavy atom. The van der Waals surface area contributed by atoms with Crippen LogP contribution in [0.2, 0.25) is 5.02 Å². The van der Waals surface area contributed by atoms with Gasteiger partial charge in [-0.15, -0.1) is 0 Å². The molecule has 2 aromatic carbocycles. The number of carbonyl (C=O) groups excluding carboxylic acids is 1. The van der Waals surface area contributed by atoms with Crippen LogP contribution in [0, 0.1) is 6.92 Å². The molecule has 30 heavy (non-hydrogen) atoms. The minimum atomic E-state index is -0.369. The van der Waals surface area contributed by atoms with Gasteiger partial charge in [-0.1, -0.05) is 35.1 Å². The molecule has 0 aliphatic carbocycles. The maximum atomic E-state index is 12.2. The summed E-state index contributed by atoms with van der Waals surface area (Å²) in [5.74, 6) is 0.716. The number of nitrogen functional groups attached to an aromatic ring is 1. The van der Waals surface area contributed by atoms with Crippen LogP contribution in [0.15, 0.2) is 46.0 Å². The molecule has 3 aromatic rings. The minimum Gasteiger partial charge on any atom is -0.493 e. The van der Waals surface area contributed by atoms with E-state index in [1.807, 2.05) is 30.3 Å². The Balaban J connectivity index is 1.69. The van der Waals surface area contributed by atoms with E-state index in [9.17, 15) is 4.79 Å². The molecule has 0 saturated heterocycles. The molecule has 1 heterocycles. The number of thiazole rings is 1. The predicted octanol–water partition coefficient (Wildman–Crippen LogP) is 4.80. The number of anilines is 1. The number of hydrogen-bond donors (Lipinski definition) is 2. The quantitative estimate of drug-likeness (QED) is 0.352. The fourth-order valence-corrected chi connectivity index (χ4v) is 3.96. The number of ether oxygens (including phenoxy) is 2. The van der Waals surface area contributed by atoms with Crippen LogP contribution in [0.25, 0.3) is 0 Å². The molecule has 156 valence electrons. The van der Waals surface area contributed by atoms with Crippen molar-refractivity contribution in [1.29, 1.82) is 0 Å². The second-order valence-electron chi connectivity index (χ2n) is 6.12. The van der Waals surface area contributed by atoms with Crippen LogP contribution >= 0.6 is 38.9 Å². The maximum absolute atomic E-state index is 12.2. The van der Waals surface area contributed by atoms with Crippen molar-refractivity contribution in [2.75, 3.05) is 12.8 Å². The van der Waals surface area contributed by atoms with E-state index < -0.39 is 0 Å². The van der Waals surface area contributed by atoms with Gasteiger partial charge in [-0.05, 0) is 58.2 Å². The molecule has 3 N–H and O–H groups in total. The number of amides is 1. The monoisotopic (exact) mass is 508 g/mol. The summed E-state index contributed by atoms with van der Waals surface area (Å²) in [4.78, 5) is 16.6. The van der Waals surface area contributed by atoms with E-state index in [0.29, 0.717) is 48.9 Å². The molecule has 0 aliphatic rings. The Hall–Kier alpha value is -2.62. The van der Waals surface area contributed by atoms with Crippen molar-refractivity contribution in [2.24, 2.45) is 5.10 Å². The first-order chi connectivity index (χ1) is 14.4.